The van der Waals surface area contributed by atoms with E-state index in [0.29, 0.717) is 13.1 Å². The van der Waals surface area contributed by atoms with Gasteiger partial charge in [-0.2, -0.15) is 0 Å². The van der Waals surface area contributed by atoms with E-state index in [2.05, 4.69) is 10.6 Å². The van der Waals surface area contributed by atoms with Crippen molar-refractivity contribution < 1.29 is 9.59 Å². The van der Waals surface area contributed by atoms with Crippen LogP contribution in [0, 0.1) is 0 Å². The Kier molecular flexibility index (Phi) is 9.03. The Morgan fingerprint density at radius 3 is 2.40 bits per heavy atom. The van der Waals surface area contributed by atoms with E-state index in [-0.39, 0.29) is 29.5 Å². The quantitative estimate of drug-likeness (QED) is 0.696. The number of rotatable bonds is 6. The van der Waals surface area contributed by atoms with Crippen LogP contribution >= 0.6 is 24.2 Å². The normalized spacial score (nSPS) is 11.2. The van der Waals surface area contributed by atoms with Gasteiger partial charge in [0.1, 0.15) is 0 Å². The number of carbonyl (C=O) groups is 2. The zero-order valence-corrected chi connectivity index (χ0v) is 13.1. The zero-order chi connectivity index (χ0) is 14.3. The molecule has 0 fully saturated rings. The lowest BCUT2D eigenvalue weighted by molar-refractivity contribution is -0.120. The van der Waals surface area contributed by atoms with Gasteiger partial charge in [0, 0.05) is 30.6 Å². The maximum atomic E-state index is 11.7. The zero-order valence-electron chi connectivity index (χ0n) is 11.5. The van der Waals surface area contributed by atoms with Crippen molar-refractivity contribution in [3.05, 3.63) is 24.3 Å². The van der Waals surface area contributed by atoms with Gasteiger partial charge >= 0.3 is 0 Å². The number of amides is 2. The predicted molar refractivity (Wildman–Crippen MR) is 85.4 cm³/mol. The molecular weight excluding hydrogens is 298 g/mol. The molecule has 0 radical (unpaired) electrons. The molecule has 0 aromatic heterocycles. The first-order valence-corrected chi connectivity index (χ1v) is 6.93. The highest BCUT2D eigenvalue weighted by atomic mass is 35.5. The van der Waals surface area contributed by atoms with Crippen LogP contribution in [0.1, 0.15) is 13.8 Å². The van der Waals surface area contributed by atoms with Gasteiger partial charge in [-0.3, -0.25) is 9.59 Å². The number of anilines is 1. The van der Waals surface area contributed by atoms with Gasteiger partial charge in [0.2, 0.25) is 11.8 Å². The van der Waals surface area contributed by atoms with Crippen molar-refractivity contribution in [1.29, 1.82) is 0 Å². The van der Waals surface area contributed by atoms with Gasteiger partial charge in [-0.15, -0.1) is 24.2 Å². The first-order valence-electron chi connectivity index (χ1n) is 6.05. The van der Waals surface area contributed by atoms with Gasteiger partial charge in [0.25, 0.3) is 0 Å². The Labute approximate surface area is 129 Å². The van der Waals surface area contributed by atoms with E-state index in [1.54, 1.807) is 0 Å². The molecular formula is C13H20ClN3O2S. The molecule has 20 heavy (non-hydrogen) atoms. The molecule has 0 aliphatic heterocycles. The van der Waals surface area contributed by atoms with Crippen LogP contribution in [0.15, 0.2) is 29.2 Å². The van der Waals surface area contributed by atoms with E-state index >= 15 is 0 Å². The first-order chi connectivity index (χ1) is 9.02. The fraction of sp³-hybridized carbons (Fsp3) is 0.385. The van der Waals surface area contributed by atoms with Crippen LogP contribution in [0.25, 0.3) is 0 Å². The van der Waals surface area contributed by atoms with Crippen molar-refractivity contribution in [2.45, 2.75) is 24.0 Å². The summed E-state index contributed by atoms with van der Waals surface area (Å²) < 4.78 is 0. The van der Waals surface area contributed by atoms with Gasteiger partial charge in [-0.1, -0.05) is 0 Å². The molecule has 0 saturated heterocycles. The second-order valence-electron chi connectivity index (χ2n) is 4.05. The number of hydrogen-bond acceptors (Lipinski definition) is 4. The van der Waals surface area contributed by atoms with Crippen LogP contribution in [-0.4, -0.2) is 30.2 Å². The molecule has 4 N–H and O–H groups in total. The second-order valence-corrected chi connectivity index (χ2v) is 5.46. The molecule has 0 aliphatic rings. The minimum atomic E-state index is -0.182. The average molecular weight is 318 g/mol. The lowest BCUT2D eigenvalue weighted by Crippen LogP contribution is -2.34. The third-order valence-electron chi connectivity index (χ3n) is 2.30. The molecule has 2 amide bonds. The van der Waals surface area contributed by atoms with Crippen molar-refractivity contribution in [3.63, 3.8) is 0 Å². The summed E-state index contributed by atoms with van der Waals surface area (Å²) in [6, 6.07) is 7.38. The summed E-state index contributed by atoms with van der Waals surface area (Å²) in [5, 5.41) is 5.26. The Morgan fingerprint density at radius 2 is 1.90 bits per heavy atom. The van der Waals surface area contributed by atoms with E-state index < -0.39 is 0 Å². The van der Waals surface area contributed by atoms with Crippen molar-refractivity contribution in [2.24, 2.45) is 5.73 Å². The van der Waals surface area contributed by atoms with Gasteiger partial charge in [-0.25, -0.2) is 0 Å². The van der Waals surface area contributed by atoms with Crippen molar-refractivity contribution >= 4 is 41.7 Å². The van der Waals surface area contributed by atoms with Crippen LogP contribution < -0.4 is 16.4 Å². The standard InChI is InChI=1S/C13H19N3O2S.ClH/c1-9(13(18)15-8-7-14)19-12-5-3-11(4-6-12)16-10(2)17;/h3-6,9H,7-8,14H2,1-2H3,(H,15,18)(H,16,17);1H. The van der Waals surface area contributed by atoms with E-state index in [9.17, 15) is 9.59 Å². The monoisotopic (exact) mass is 317 g/mol. The summed E-state index contributed by atoms with van der Waals surface area (Å²) in [5.74, 6) is -0.128. The lowest BCUT2D eigenvalue weighted by atomic mass is 10.3. The van der Waals surface area contributed by atoms with Crippen LogP contribution in [-0.2, 0) is 9.59 Å². The molecule has 0 spiro atoms. The molecule has 0 saturated carbocycles. The second kappa shape index (κ2) is 9.63. The highest BCUT2D eigenvalue weighted by molar-refractivity contribution is 8.00. The number of halogens is 1. The molecule has 1 unspecified atom stereocenters. The smallest absolute Gasteiger partial charge is 0.233 e. The largest absolute Gasteiger partial charge is 0.354 e. The number of nitrogens with two attached hydrogens (primary N) is 1. The van der Waals surface area contributed by atoms with Crippen LogP contribution in [0.3, 0.4) is 0 Å². The molecule has 112 valence electrons. The van der Waals surface area contributed by atoms with Crippen LogP contribution in [0.4, 0.5) is 5.69 Å². The van der Waals surface area contributed by atoms with Crippen molar-refractivity contribution in [3.8, 4) is 0 Å². The molecule has 0 aliphatic carbocycles. The Morgan fingerprint density at radius 1 is 1.30 bits per heavy atom. The third-order valence-corrected chi connectivity index (χ3v) is 3.41. The maximum absolute atomic E-state index is 11.7. The minimum Gasteiger partial charge on any atom is -0.354 e. The highest BCUT2D eigenvalue weighted by Crippen LogP contribution is 2.24. The molecule has 0 heterocycles. The first kappa shape index (κ1) is 18.8. The summed E-state index contributed by atoms with van der Waals surface area (Å²) in [6.45, 7) is 4.24. The maximum Gasteiger partial charge on any atom is 0.233 e. The van der Waals surface area contributed by atoms with Crippen LogP contribution in [0.2, 0.25) is 0 Å². The number of thioether (sulfide) groups is 1. The highest BCUT2D eigenvalue weighted by Gasteiger charge is 2.13. The van der Waals surface area contributed by atoms with Crippen molar-refractivity contribution in [1.82, 2.24) is 5.32 Å². The molecule has 1 aromatic rings. The van der Waals surface area contributed by atoms with Gasteiger partial charge in [0.05, 0.1) is 5.25 Å². The van der Waals surface area contributed by atoms with E-state index in [0.717, 1.165) is 10.6 Å². The summed E-state index contributed by atoms with van der Waals surface area (Å²) in [6.07, 6.45) is 0. The van der Waals surface area contributed by atoms with Gasteiger partial charge in [0.15, 0.2) is 0 Å². The molecule has 7 heteroatoms. The summed E-state index contributed by atoms with van der Waals surface area (Å²) >= 11 is 1.46. The number of hydrogen-bond donors (Lipinski definition) is 3. The van der Waals surface area contributed by atoms with Gasteiger partial charge < -0.3 is 16.4 Å². The summed E-state index contributed by atoms with van der Waals surface area (Å²) in [4.78, 5) is 23.5. The van der Waals surface area contributed by atoms with E-state index in [1.165, 1.54) is 18.7 Å². The topological polar surface area (TPSA) is 84.2 Å². The molecule has 0 bridgehead atoms. The Bertz CT molecular complexity index is 440. The minimum absolute atomic E-state index is 0. The average Bonchev–Trinajstić information content (AvgIpc) is 2.37. The van der Waals surface area contributed by atoms with Crippen LogP contribution in [0.5, 0.6) is 0 Å². The number of carbonyl (C=O) groups excluding carboxylic acids is 2. The summed E-state index contributed by atoms with van der Waals surface area (Å²) in [5.41, 5.74) is 6.08. The van der Waals surface area contributed by atoms with Crippen molar-refractivity contribution in [2.75, 3.05) is 18.4 Å². The fourth-order valence-corrected chi connectivity index (χ4v) is 2.31. The molecule has 1 aromatic carbocycles. The third kappa shape index (κ3) is 6.79. The molecule has 5 nitrogen and oxygen atoms in total. The molecule has 1 atom stereocenters. The fourth-order valence-electron chi connectivity index (χ4n) is 1.42. The predicted octanol–water partition coefficient (Wildman–Crippen LogP) is 1.62. The number of benzene rings is 1. The van der Waals surface area contributed by atoms with E-state index in [1.807, 2.05) is 31.2 Å². The Balaban J connectivity index is 0.00000361. The Hall–Kier alpha value is -1.24. The number of nitrogens with one attached hydrogen (secondary N) is 2. The van der Waals surface area contributed by atoms with E-state index in [4.69, 9.17) is 5.73 Å². The van der Waals surface area contributed by atoms with Gasteiger partial charge in [-0.05, 0) is 31.2 Å². The molecule has 1 rings (SSSR count). The SMILES string of the molecule is CC(=O)Nc1ccc(SC(C)C(=O)NCCN)cc1.Cl. The summed E-state index contributed by atoms with van der Waals surface area (Å²) in [7, 11) is 0. The lowest BCUT2D eigenvalue weighted by Gasteiger charge is -2.11.